The molecule has 1 unspecified atom stereocenters. The molecule has 0 aliphatic heterocycles. The highest BCUT2D eigenvalue weighted by atomic mass is 19.4. The molecule has 100 valence electrons. The number of nitrogens with one attached hydrogen (secondary N) is 1. The Labute approximate surface area is 102 Å². The number of benzene rings is 1. The molecule has 0 aliphatic carbocycles. The third-order valence-electron chi connectivity index (χ3n) is 2.24. The Hall–Kier alpha value is -1.92. The molecular formula is C11H13F3N2O2. The minimum Gasteiger partial charge on any atom is -0.480 e. The molecule has 3 N–H and O–H groups in total. The van der Waals surface area contributed by atoms with Gasteiger partial charge < -0.3 is 15.8 Å². The maximum absolute atomic E-state index is 12.4. The second kappa shape index (κ2) is 5.16. The van der Waals surface area contributed by atoms with E-state index in [0.29, 0.717) is 0 Å². The van der Waals surface area contributed by atoms with Crippen molar-refractivity contribution in [1.29, 1.82) is 0 Å². The number of hydrogen-bond acceptors (Lipinski definition) is 3. The Morgan fingerprint density at radius 3 is 2.56 bits per heavy atom. The maximum atomic E-state index is 12.4. The van der Waals surface area contributed by atoms with Gasteiger partial charge >= 0.3 is 6.18 Å². The molecule has 1 aromatic rings. The number of nitrogens with two attached hydrogens (primary N) is 1. The van der Waals surface area contributed by atoms with E-state index in [1.807, 2.05) is 0 Å². The number of hydrogen-bond donors (Lipinski definition) is 2. The lowest BCUT2D eigenvalue weighted by atomic mass is 10.1. The Morgan fingerprint density at radius 1 is 1.44 bits per heavy atom. The van der Waals surface area contributed by atoms with Crippen LogP contribution in [-0.4, -0.2) is 25.2 Å². The molecule has 0 bridgehead atoms. The van der Waals surface area contributed by atoms with E-state index in [9.17, 15) is 18.0 Å². The number of rotatable bonds is 3. The Balaban J connectivity index is 3.07. The maximum Gasteiger partial charge on any atom is 0.425 e. The summed E-state index contributed by atoms with van der Waals surface area (Å²) in [4.78, 5) is 11.5. The molecule has 1 aromatic carbocycles. The largest absolute Gasteiger partial charge is 0.480 e. The fourth-order valence-electron chi connectivity index (χ4n) is 1.22. The third kappa shape index (κ3) is 3.28. The minimum absolute atomic E-state index is 0.00259. The van der Waals surface area contributed by atoms with Gasteiger partial charge in [0.1, 0.15) is 5.75 Å². The van der Waals surface area contributed by atoms with E-state index in [1.54, 1.807) is 0 Å². The van der Waals surface area contributed by atoms with E-state index >= 15 is 0 Å². The van der Waals surface area contributed by atoms with Gasteiger partial charge in [-0.3, -0.25) is 4.79 Å². The zero-order valence-electron chi connectivity index (χ0n) is 9.84. The summed E-state index contributed by atoms with van der Waals surface area (Å²) in [5.41, 5.74) is 5.68. The van der Waals surface area contributed by atoms with E-state index in [0.717, 1.165) is 6.92 Å². The fourth-order valence-corrected chi connectivity index (χ4v) is 1.22. The SMILES string of the molecule is CNC(=O)c1ccc(N)cc1OC(C)C(F)(F)F. The number of nitrogen functional groups attached to an aromatic ring is 1. The molecule has 0 aliphatic rings. The van der Waals surface area contributed by atoms with E-state index in [1.165, 1.54) is 25.2 Å². The van der Waals surface area contributed by atoms with Gasteiger partial charge in [0.25, 0.3) is 5.91 Å². The van der Waals surface area contributed by atoms with Crippen LogP contribution in [-0.2, 0) is 0 Å². The molecule has 0 radical (unpaired) electrons. The summed E-state index contributed by atoms with van der Waals surface area (Å²) in [6.07, 6.45) is -6.53. The third-order valence-corrected chi connectivity index (χ3v) is 2.24. The van der Waals surface area contributed by atoms with E-state index in [2.05, 4.69) is 5.32 Å². The van der Waals surface area contributed by atoms with Gasteiger partial charge in [-0.15, -0.1) is 0 Å². The highest BCUT2D eigenvalue weighted by Crippen LogP contribution is 2.28. The van der Waals surface area contributed by atoms with Gasteiger partial charge in [-0.05, 0) is 19.1 Å². The van der Waals surface area contributed by atoms with Gasteiger partial charge in [-0.25, -0.2) is 0 Å². The molecule has 1 atom stereocenters. The van der Waals surface area contributed by atoms with E-state index < -0.39 is 18.2 Å². The van der Waals surface area contributed by atoms with Crippen molar-refractivity contribution in [1.82, 2.24) is 5.32 Å². The topological polar surface area (TPSA) is 64.4 Å². The van der Waals surface area contributed by atoms with Crippen LogP contribution in [0.4, 0.5) is 18.9 Å². The second-order valence-electron chi connectivity index (χ2n) is 3.64. The van der Waals surface area contributed by atoms with Crippen LogP contribution in [0.25, 0.3) is 0 Å². The highest BCUT2D eigenvalue weighted by Gasteiger charge is 2.38. The zero-order valence-corrected chi connectivity index (χ0v) is 9.84. The lowest BCUT2D eigenvalue weighted by Crippen LogP contribution is -2.32. The molecule has 0 saturated carbocycles. The quantitative estimate of drug-likeness (QED) is 0.818. The molecule has 0 saturated heterocycles. The first-order valence-electron chi connectivity index (χ1n) is 5.10. The number of carbonyl (C=O) groups excluding carboxylic acids is 1. The predicted molar refractivity (Wildman–Crippen MR) is 60.4 cm³/mol. The number of carbonyl (C=O) groups is 1. The summed E-state index contributed by atoms with van der Waals surface area (Å²) >= 11 is 0. The van der Waals surface area contributed by atoms with Crippen molar-refractivity contribution in [3.63, 3.8) is 0 Å². The van der Waals surface area contributed by atoms with Crippen LogP contribution in [0.1, 0.15) is 17.3 Å². The predicted octanol–water partition coefficient (Wildman–Crippen LogP) is 1.96. The summed E-state index contributed by atoms with van der Waals surface area (Å²) < 4.78 is 41.9. The summed E-state index contributed by atoms with van der Waals surface area (Å²) in [6, 6.07) is 3.91. The first-order chi connectivity index (χ1) is 8.25. The first-order valence-corrected chi connectivity index (χ1v) is 5.10. The van der Waals surface area contributed by atoms with Gasteiger partial charge in [-0.1, -0.05) is 0 Å². The van der Waals surface area contributed by atoms with Gasteiger partial charge in [-0.2, -0.15) is 13.2 Å². The lowest BCUT2D eigenvalue weighted by molar-refractivity contribution is -0.189. The fraction of sp³-hybridized carbons (Fsp3) is 0.364. The van der Waals surface area contributed by atoms with Crippen LogP contribution in [0.2, 0.25) is 0 Å². The first kappa shape index (κ1) is 14.1. The lowest BCUT2D eigenvalue weighted by Gasteiger charge is -2.19. The zero-order chi connectivity index (χ0) is 13.9. The molecular weight excluding hydrogens is 249 g/mol. The molecule has 1 amide bonds. The molecule has 0 spiro atoms. The Kier molecular flexibility index (Phi) is 4.05. The van der Waals surface area contributed by atoms with Crippen LogP contribution in [0, 0.1) is 0 Å². The molecule has 4 nitrogen and oxygen atoms in total. The Morgan fingerprint density at radius 2 is 2.06 bits per heavy atom. The van der Waals surface area contributed by atoms with Gasteiger partial charge in [0.15, 0.2) is 6.10 Å². The minimum atomic E-state index is -4.51. The molecule has 0 heterocycles. The summed E-state index contributed by atoms with van der Waals surface area (Å²) in [5, 5.41) is 2.31. The molecule has 0 aromatic heterocycles. The number of alkyl halides is 3. The summed E-state index contributed by atoms with van der Waals surface area (Å²) in [7, 11) is 1.37. The van der Waals surface area contributed by atoms with Crippen LogP contribution >= 0.6 is 0 Å². The monoisotopic (exact) mass is 262 g/mol. The number of anilines is 1. The Bertz CT molecular complexity index is 446. The van der Waals surface area contributed by atoms with Crippen molar-refractivity contribution < 1.29 is 22.7 Å². The number of halogens is 3. The van der Waals surface area contributed by atoms with Crippen molar-refractivity contribution in [3.8, 4) is 5.75 Å². The average molecular weight is 262 g/mol. The van der Waals surface area contributed by atoms with Crippen LogP contribution in [0.5, 0.6) is 5.75 Å². The molecule has 0 fully saturated rings. The molecule has 18 heavy (non-hydrogen) atoms. The average Bonchev–Trinajstić information content (AvgIpc) is 2.27. The van der Waals surface area contributed by atoms with Gasteiger partial charge in [0.2, 0.25) is 0 Å². The van der Waals surface area contributed by atoms with Crippen molar-refractivity contribution in [3.05, 3.63) is 23.8 Å². The van der Waals surface area contributed by atoms with Crippen LogP contribution < -0.4 is 15.8 Å². The van der Waals surface area contributed by atoms with E-state index in [-0.39, 0.29) is 17.0 Å². The van der Waals surface area contributed by atoms with Crippen molar-refractivity contribution in [2.24, 2.45) is 0 Å². The van der Waals surface area contributed by atoms with Gasteiger partial charge in [0.05, 0.1) is 5.56 Å². The second-order valence-corrected chi connectivity index (χ2v) is 3.64. The summed E-state index contributed by atoms with van der Waals surface area (Å²) in [5.74, 6) is -0.737. The summed E-state index contributed by atoms with van der Waals surface area (Å²) in [6.45, 7) is 0.858. The van der Waals surface area contributed by atoms with Crippen molar-refractivity contribution in [2.45, 2.75) is 19.2 Å². The van der Waals surface area contributed by atoms with Crippen molar-refractivity contribution >= 4 is 11.6 Å². The standard InChI is InChI=1S/C11H13F3N2O2/c1-6(11(12,13)14)18-9-5-7(15)3-4-8(9)10(17)16-2/h3-6H,15H2,1-2H3,(H,16,17). The smallest absolute Gasteiger partial charge is 0.425 e. The van der Waals surface area contributed by atoms with Crippen LogP contribution in [0.3, 0.4) is 0 Å². The van der Waals surface area contributed by atoms with Gasteiger partial charge in [0, 0.05) is 18.8 Å². The number of ether oxygens (including phenoxy) is 1. The normalized spacial score (nSPS) is 12.9. The van der Waals surface area contributed by atoms with Crippen molar-refractivity contribution in [2.75, 3.05) is 12.8 Å². The van der Waals surface area contributed by atoms with E-state index in [4.69, 9.17) is 10.5 Å². The van der Waals surface area contributed by atoms with Crippen LogP contribution in [0.15, 0.2) is 18.2 Å². The molecule has 7 heteroatoms. The number of amides is 1. The molecule has 1 rings (SSSR count). The highest BCUT2D eigenvalue weighted by molar-refractivity contribution is 5.97.